The zero-order valence-corrected chi connectivity index (χ0v) is 9.37. The van der Waals surface area contributed by atoms with Crippen molar-refractivity contribution in [3.8, 4) is 5.75 Å². The molecule has 0 fully saturated rings. The first kappa shape index (κ1) is 12.5. The van der Waals surface area contributed by atoms with Crippen LogP contribution in [0.2, 0.25) is 0 Å². The van der Waals surface area contributed by atoms with E-state index in [1.165, 1.54) is 13.2 Å². The van der Waals surface area contributed by atoms with Crippen LogP contribution in [-0.2, 0) is 11.2 Å². The molecule has 1 unspecified atom stereocenters. The summed E-state index contributed by atoms with van der Waals surface area (Å²) in [6.07, 6.45) is 0.668. The molecule has 0 saturated carbocycles. The van der Waals surface area contributed by atoms with E-state index < -0.39 is 17.7 Å². The number of carboxylic acids is 1. The maximum Gasteiger partial charge on any atom is 0.306 e. The monoisotopic (exact) mass is 226 g/mol. The summed E-state index contributed by atoms with van der Waals surface area (Å²) in [5, 5.41) is 8.90. The Morgan fingerprint density at radius 2 is 2.25 bits per heavy atom. The van der Waals surface area contributed by atoms with Crippen LogP contribution in [0.5, 0.6) is 5.75 Å². The van der Waals surface area contributed by atoms with Gasteiger partial charge in [0.15, 0.2) is 11.6 Å². The molecule has 0 aliphatic heterocycles. The molecular weight excluding hydrogens is 211 g/mol. The third-order valence-electron chi connectivity index (χ3n) is 2.57. The average Bonchev–Trinajstić information content (AvgIpc) is 2.27. The maximum absolute atomic E-state index is 13.7. The fraction of sp³-hybridized carbons (Fsp3) is 0.417. The molecule has 0 radical (unpaired) electrons. The predicted molar refractivity (Wildman–Crippen MR) is 58.1 cm³/mol. The van der Waals surface area contributed by atoms with Crippen LogP contribution in [0.15, 0.2) is 18.2 Å². The molecule has 0 heterocycles. The first-order chi connectivity index (χ1) is 7.60. The van der Waals surface area contributed by atoms with Gasteiger partial charge in [-0.15, -0.1) is 0 Å². The van der Waals surface area contributed by atoms with Gasteiger partial charge in [-0.1, -0.05) is 19.1 Å². The predicted octanol–water partition coefficient (Wildman–Crippen LogP) is 2.49. The van der Waals surface area contributed by atoms with E-state index in [1.807, 2.05) is 0 Å². The number of carbonyl (C=O) groups is 1. The molecule has 0 bridgehead atoms. The third-order valence-corrected chi connectivity index (χ3v) is 2.57. The van der Waals surface area contributed by atoms with Crippen molar-refractivity contribution in [1.29, 1.82) is 0 Å². The Bertz CT molecular complexity index is 377. The molecular formula is C12H15FO3. The molecule has 0 aromatic heterocycles. The summed E-state index contributed by atoms with van der Waals surface area (Å²) in [4.78, 5) is 10.8. The topological polar surface area (TPSA) is 46.5 Å². The van der Waals surface area contributed by atoms with Crippen molar-refractivity contribution in [2.45, 2.75) is 19.8 Å². The van der Waals surface area contributed by atoms with Crippen LogP contribution in [0, 0.1) is 11.7 Å². The van der Waals surface area contributed by atoms with E-state index in [0.717, 1.165) is 0 Å². The van der Waals surface area contributed by atoms with Crippen molar-refractivity contribution in [1.82, 2.24) is 0 Å². The summed E-state index contributed by atoms with van der Waals surface area (Å²) in [5.41, 5.74) is 0.383. The number of halogens is 1. The standard InChI is InChI=1S/C12H15FO3/c1-3-8(12(14)15)7-9-5-4-6-10(16-2)11(9)13/h4-6,8H,3,7H2,1-2H3,(H,14,15). The molecule has 0 amide bonds. The summed E-state index contributed by atoms with van der Waals surface area (Å²) >= 11 is 0. The zero-order valence-electron chi connectivity index (χ0n) is 9.37. The minimum absolute atomic E-state index is 0.151. The molecule has 1 atom stereocenters. The lowest BCUT2D eigenvalue weighted by atomic mass is 9.96. The van der Waals surface area contributed by atoms with Crippen molar-refractivity contribution in [2.24, 2.45) is 5.92 Å². The van der Waals surface area contributed by atoms with Gasteiger partial charge < -0.3 is 9.84 Å². The molecule has 0 aliphatic rings. The molecule has 4 heteroatoms. The molecule has 1 rings (SSSR count). The van der Waals surface area contributed by atoms with Crippen LogP contribution in [0.3, 0.4) is 0 Å². The van der Waals surface area contributed by atoms with E-state index in [4.69, 9.17) is 9.84 Å². The molecule has 0 saturated heterocycles. The molecule has 0 aliphatic carbocycles. The van der Waals surface area contributed by atoms with E-state index in [-0.39, 0.29) is 12.2 Å². The highest BCUT2D eigenvalue weighted by atomic mass is 19.1. The van der Waals surface area contributed by atoms with Gasteiger partial charge in [0, 0.05) is 0 Å². The normalized spacial score (nSPS) is 12.2. The van der Waals surface area contributed by atoms with Gasteiger partial charge in [-0.3, -0.25) is 4.79 Å². The van der Waals surface area contributed by atoms with Crippen LogP contribution < -0.4 is 4.74 Å². The number of hydrogen-bond acceptors (Lipinski definition) is 2. The molecule has 16 heavy (non-hydrogen) atoms. The van der Waals surface area contributed by atoms with Gasteiger partial charge in [-0.25, -0.2) is 4.39 Å². The minimum Gasteiger partial charge on any atom is -0.494 e. The molecule has 0 spiro atoms. The van der Waals surface area contributed by atoms with E-state index in [1.54, 1.807) is 19.1 Å². The molecule has 1 N–H and O–H groups in total. The van der Waals surface area contributed by atoms with Gasteiger partial charge in [-0.05, 0) is 24.5 Å². The van der Waals surface area contributed by atoms with Crippen LogP contribution in [0.4, 0.5) is 4.39 Å². The lowest BCUT2D eigenvalue weighted by Crippen LogP contribution is -2.16. The first-order valence-corrected chi connectivity index (χ1v) is 5.14. The Balaban J connectivity index is 2.92. The first-order valence-electron chi connectivity index (χ1n) is 5.14. The second kappa shape index (κ2) is 5.49. The van der Waals surface area contributed by atoms with E-state index in [2.05, 4.69) is 0 Å². The Labute approximate surface area is 93.9 Å². The van der Waals surface area contributed by atoms with Crippen molar-refractivity contribution >= 4 is 5.97 Å². The fourth-order valence-corrected chi connectivity index (χ4v) is 1.54. The summed E-state index contributed by atoms with van der Waals surface area (Å²) < 4.78 is 18.6. The van der Waals surface area contributed by atoms with Crippen LogP contribution in [0.1, 0.15) is 18.9 Å². The molecule has 1 aromatic carbocycles. The number of rotatable bonds is 5. The highest BCUT2D eigenvalue weighted by Crippen LogP contribution is 2.23. The van der Waals surface area contributed by atoms with Gasteiger partial charge in [0.2, 0.25) is 0 Å². The number of methoxy groups -OCH3 is 1. The van der Waals surface area contributed by atoms with Crippen molar-refractivity contribution in [3.05, 3.63) is 29.6 Å². The van der Waals surface area contributed by atoms with Crippen molar-refractivity contribution < 1.29 is 19.0 Å². The quantitative estimate of drug-likeness (QED) is 0.839. The van der Waals surface area contributed by atoms with Gasteiger partial charge in [0.25, 0.3) is 0 Å². The van der Waals surface area contributed by atoms with Crippen molar-refractivity contribution in [2.75, 3.05) is 7.11 Å². The Morgan fingerprint density at radius 1 is 1.56 bits per heavy atom. The van der Waals surface area contributed by atoms with Crippen molar-refractivity contribution in [3.63, 3.8) is 0 Å². The minimum atomic E-state index is -0.898. The number of aliphatic carboxylic acids is 1. The summed E-state index contributed by atoms with van der Waals surface area (Å²) in [6, 6.07) is 4.76. The van der Waals surface area contributed by atoms with Gasteiger partial charge in [0.05, 0.1) is 13.0 Å². The average molecular weight is 226 g/mol. The van der Waals surface area contributed by atoms with E-state index in [0.29, 0.717) is 12.0 Å². The lowest BCUT2D eigenvalue weighted by Gasteiger charge is -2.11. The largest absolute Gasteiger partial charge is 0.494 e. The number of ether oxygens (including phenoxy) is 1. The Morgan fingerprint density at radius 3 is 2.75 bits per heavy atom. The number of carboxylic acid groups (broad SMARTS) is 1. The summed E-state index contributed by atoms with van der Waals surface area (Å²) in [5.74, 6) is -1.77. The van der Waals surface area contributed by atoms with Gasteiger partial charge in [0.1, 0.15) is 0 Å². The smallest absolute Gasteiger partial charge is 0.306 e. The highest BCUT2D eigenvalue weighted by molar-refractivity contribution is 5.70. The van der Waals surface area contributed by atoms with Crippen LogP contribution >= 0.6 is 0 Å². The Kier molecular flexibility index (Phi) is 4.28. The number of benzene rings is 1. The second-order valence-electron chi connectivity index (χ2n) is 3.58. The van der Waals surface area contributed by atoms with Gasteiger partial charge in [-0.2, -0.15) is 0 Å². The fourth-order valence-electron chi connectivity index (χ4n) is 1.54. The third kappa shape index (κ3) is 2.72. The second-order valence-corrected chi connectivity index (χ2v) is 3.58. The molecule has 88 valence electrons. The highest BCUT2D eigenvalue weighted by Gasteiger charge is 2.18. The van der Waals surface area contributed by atoms with Gasteiger partial charge >= 0.3 is 5.97 Å². The summed E-state index contributed by atoms with van der Waals surface area (Å²) in [6.45, 7) is 1.77. The Hall–Kier alpha value is -1.58. The lowest BCUT2D eigenvalue weighted by molar-refractivity contribution is -0.141. The molecule has 1 aromatic rings. The van der Waals surface area contributed by atoms with Crippen LogP contribution in [0.25, 0.3) is 0 Å². The zero-order chi connectivity index (χ0) is 12.1. The SMILES string of the molecule is CCC(Cc1cccc(OC)c1F)C(=O)O. The molecule has 3 nitrogen and oxygen atoms in total. The maximum atomic E-state index is 13.7. The number of hydrogen-bond donors (Lipinski definition) is 1. The van der Waals surface area contributed by atoms with Crippen LogP contribution in [-0.4, -0.2) is 18.2 Å². The van der Waals surface area contributed by atoms with E-state index in [9.17, 15) is 9.18 Å². The summed E-state index contributed by atoms with van der Waals surface area (Å²) in [7, 11) is 1.39. The van der Waals surface area contributed by atoms with E-state index >= 15 is 0 Å².